The number of hydrogen-bond donors (Lipinski definition) is 2. The summed E-state index contributed by atoms with van der Waals surface area (Å²) in [6.07, 6.45) is 0. The molecule has 0 saturated heterocycles. The molecule has 6 heteroatoms. The van der Waals surface area contributed by atoms with Gasteiger partial charge in [0.2, 0.25) is 10.0 Å². The van der Waals surface area contributed by atoms with E-state index in [4.69, 9.17) is 11.0 Å². The highest BCUT2D eigenvalue weighted by atomic mass is 32.2. The van der Waals surface area contributed by atoms with Crippen molar-refractivity contribution in [2.24, 2.45) is 0 Å². The zero-order valence-electron chi connectivity index (χ0n) is 9.98. The van der Waals surface area contributed by atoms with E-state index in [-0.39, 0.29) is 0 Å². The van der Waals surface area contributed by atoms with E-state index in [9.17, 15) is 8.42 Å². The van der Waals surface area contributed by atoms with Gasteiger partial charge in [0.1, 0.15) is 0 Å². The van der Waals surface area contributed by atoms with Crippen molar-refractivity contribution in [2.45, 2.75) is 26.0 Å². The molecule has 0 aliphatic rings. The number of anilines is 2. The largest absolute Gasteiger partial charge is 0.397 e. The van der Waals surface area contributed by atoms with Crippen molar-refractivity contribution in [3.8, 4) is 6.07 Å². The van der Waals surface area contributed by atoms with E-state index < -0.39 is 15.3 Å². The molecule has 3 N–H and O–H groups in total. The van der Waals surface area contributed by atoms with Gasteiger partial charge < -0.3 is 5.73 Å². The summed E-state index contributed by atoms with van der Waals surface area (Å²) in [5, 5.41) is 7.49. The number of nitrogens with one attached hydrogen (secondary N) is 1. The number of hydrogen-bond acceptors (Lipinski definition) is 4. The SMILES string of the molecule is Cc1cc(N)c(NS(=O)(=O)C(C)C#N)cc1C. The minimum atomic E-state index is -3.71. The van der Waals surface area contributed by atoms with E-state index in [0.29, 0.717) is 11.4 Å². The Hall–Kier alpha value is -1.74. The topological polar surface area (TPSA) is 96.0 Å². The second-order valence-corrected chi connectivity index (χ2v) is 5.94. The first-order valence-electron chi connectivity index (χ1n) is 5.06. The predicted molar refractivity (Wildman–Crippen MR) is 67.9 cm³/mol. The van der Waals surface area contributed by atoms with Crippen LogP contribution in [-0.2, 0) is 10.0 Å². The number of sulfonamides is 1. The normalized spacial score (nSPS) is 12.8. The molecule has 0 aliphatic heterocycles. The Morgan fingerprint density at radius 1 is 1.35 bits per heavy atom. The fraction of sp³-hybridized carbons (Fsp3) is 0.364. The molecule has 1 aromatic carbocycles. The zero-order chi connectivity index (χ0) is 13.2. The summed E-state index contributed by atoms with van der Waals surface area (Å²) in [7, 11) is -3.71. The van der Waals surface area contributed by atoms with Crippen LogP contribution in [0.4, 0.5) is 11.4 Å². The van der Waals surface area contributed by atoms with Crippen LogP contribution in [0, 0.1) is 25.2 Å². The molecule has 1 aromatic rings. The lowest BCUT2D eigenvalue weighted by Crippen LogP contribution is -2.24. The smallest absolute Gasteiger partial charge is 0.248 e. The molecule has 17 heavy (non-hydrogen) atoms. The number of nitrogens with two attached hydrogens (primary N) is 1. The van der Waals surface area contributed by atoms with Gasteiger partial charge >= 0.3 is 0 Å². The lowest BCUT2D eigenvalue weighted by atomic mass is 10.1. The van der Waals surface area contributed by atoms with Crippen molar-refractivity contribution in [1.29, 1.82) is 5.26 Å². The lowest BCUT2D eigenvalue weighted by Gasteiger charge is -2.13. The molecule has 5 nitrogen and oxygen atoms in total. The van der Waals surface area contributed by atoms with Crippen LogP contribution < -0.4 is 10.5 Å². The molecular weight excluding hydrogens is 238 g/mol. The molecule has 1 rings (SSSR count). The molecule has 0 spiro atoms. The average molecular weight is 253 g/mol. The molecule has 92 valence electrons. The number of aryl methyl sites for hydroxylation is 2. The highest BCUT2D eigenvalue weighted by Gasteiger charge is 2.21. The molecule has 1 unspecified atom stereocenters. The fourth-order valence-corrected chi connectivity index (χ4v) is 2.04. The Balaban J connectivity index is 3.14. The fourth-order valence-electron chi connectivity index (χ4n) is 1.24. The van der Waals surface area contributed by atoms with Gasteiger partial charge in [-0.3, -0.25) is 4.72 Å². The van der Waals surface area contributed by atoms with Crippen LogP contribution >= 0.6 is 0 Å². The van der Waals surface area contributed by atoms with E-state index >= 15 is 0 Å². The van der Waals surface area contributed by atoms with Gasteiger partial charge in [0.05, 0.1) is 17.4 Å². The minimum Gasteiger partial charge on any atom is -0.397 e. The maximum absolute atomic E-state index is 11.7. The van der Waals surface area contributed by atoms with E-state index in [1.165, 1.54) is 6.92 Å². The van der Waals surface area contributed by atoms with Crippen LogP contribution in [0.15, 0.2) is 12.1 Å². The molecule has 0 heterocycles. The number of nitrogen functional groups attached to an aromatic ring is 1. The third kappa shape index (κ3) is 2.88. The van der Waals surface area contributed by atoms with Crippen molar-refractivity contribution < 1.29 is 8.42 Å². The summed E-state index contributed by atoms with van der Waals surface area (Å²) in [5.41, 5.74) is 8.31. The summed E-state index contributed by atoms with van der Waals surface area (Å²) in [4.78, 5) is 0. The molecular formula is C11H15N3O2S. The second-order valence-electron chi connectivity index (χ2n) is 3.94. The Labute approximate surface area is 101 Å². The molecule has 0 amide bonds. The minimum absolute atomic E-state index is 0.315. The van der Waals surface area contributed by atoms with Crippen LogP contribution in [0.3, 0.4) is 0 Å². The molecule has 0 saturated carbocycles. The van der Waals surface area contributed by atoms with E-state index in [1.54, 1.807) is 18.2 Å². The monoisotopic (exact) mass is 253 g/mol. The number of rotatable bonds is 3. The molecule has 0 bridgehead atoms. The molecule has 1 atom stereocenters. The van der Waals surface area contributed by atoms with Gasteiger partial charge in [0.25, 0.3) is 0 Å². The third-order valence-electron chi connectivity index (χ3n) is 2.57. The molecule has 0 fully saturated rings. The van der Waals surface area contributed by atoms with Crippen molar-refractivity contribution >= 4 is 21.4 Å². The molecule has 0 aliphatic carbocycles. The van der Waals surface area contributed by atoms with Crippen molar-refractivity contribution in [2.75, 3.05) is 10.5 Å². The molecule has 0 radical (unpaired) electrons. The van der Waals surface area contributed by atoms with Gasteiger partial charge in [-0.2, -0.15) is 5.26 Å². The maximum Gasteiger partial charge on any atom is 0.248 e. The number of nitrogens with zero attached hydrogens (tertiary/aromatic N) is 1. The summed E-state index contributed by atoms with van der Waals surface area (Å²) < 4.78 is 25.7. The average Bonchev–Trinajstić information content (AvgIpc) is 2.24. The first kappa shape index (κ1) is 13.3. The summed E-state index contributed by atoms with van der Waals surface area (Å²) in [6.45, 7) is 5.07. The first-order valence-corrected chi connectivity index (χ1v) is 6.60. The van der Waals surface area contributed by atoms with E-state index in [1.807, 2.05) is 13.8 Å². The van der Waals surface area contributed by atoms with Gasteiger partial charge in [-0.05, 0) is 44.0 Å². The van der Waals surface area contributed by atoms with Gasteiger partial charge in [-0.15, -0.1) is 0 Å². The highest BCUT2D eigenvalue weighted by Crippen LogP contribution is 2.24. The van der Waals surface area contributed by atoms with Gasteiger partial charge in [-0.25, -0.2) is 8.42 Å². The van der Waals surface area contributed by atoms with E-state index in [0.717, 1.165) is 11.1 Å². The van der Waals surface area contributed by atoms with E-state index in [2.05, 4.69) is 4.72 Å². The van der Waals surface area contributed by atoms with Crippen molar-refractivity contribution in [3.05, 3.63) is 23.3 Å². The van der Waals surface area contributed by atoms with Crippen LogP contribution in [0.1, 0.15) is 18.1 Å². The standard InChI is InChI=1S/C11H15N3O2S/c1-7-4-10(13)11(5-8(7)2)14-17(15,16)9(3)6-12/h4-5,9,14H,13H2,1-3H3. The summed E-state index contributed by atoms with van der Waals surface area (Å²) >= 11 is 0. The Kier molecular flexibility index (Phi) is 3.63. The van der Waals surface area contributed by atoms with Crippen molar-refractivity contribution in [1.82, 2.24) is 0 Å². The third-order valence-corrected chi connectivity index (χ3v) is 4.11. The number of benzene rings is 1. The Morgan fingerprint density at radius 2 is 1.88 bits per heavy atom. The Morgan fingerprint density at radius 3 is 2.41 bits per heavy atom. The maximum atomic E-state index is 11.7. The second kappa shape index (κ2) is 4.63. The van der Waals surface area contributed by atoms with Gasteiger partial charge in [0, 0.05) is 0 Å². The van der Waals surface area contributed by atoms with Crippen LogP contribution in [-0.4, -0.2) is 13.7 Å². The number of nitriles is 1. The summed E-state index contributed by atoms with van der Waals surface area (Å²) in [6, 6.07) is 5.04. The first-order chi connectivity index (χ1) is 7.77. The van der Waals surface area contributed by atoms with Crippen LogP contribution in [0.2, 0.25) is 0 Å². The predicted octanol–water partition coefficient (Wildman–Crippen LogP) is 1.54. The molecule has 0 aromatic heterocycles. The quantitative estimate of drug-likeness (QED) is 0.798. The highest BCUT2D eigenvalue weighted by molar-refractivity contribution is 7.93. The van der Waals surface area contributed by atoms with Crippen molar-refractivity contribution in [3.63, 3.8) is 0 Å². The van der Waals surface area contributed by atoms with Crippen LogP contribution in [0.25, 0.3) is 0 Å². The Bertz CT molecular complexity index is 573. The summed E-state index contributed by atoms with van der Waals surface area (Å²) in [5.74, 6) is 0. The van der Waals surface area contributed by atoms with Crippen LogP contribution in [0.5, 0.6) is 0 Å². The van der Waals surface area contributed by atoms with Gasteiger partial charge in [0.15, 0.2) is 5.25 Å². The zero-order valence-corrected chi connectivity index (χ0v) is 10.8. The van der Waals surface area contributed by atoms with Gasteiger partial charge in [-0.1, -0.05) is 0 Å². The lowest BCUT2D eigenvalue weighted by molar-refractivity contribution is 0.597.